The lowest BCUT2D eigenvalue weighted by atomic mass is 9.59. The Hall–Kier alpha value is -2.08. The van der Waals surface area contributed by atoms with Crippen molar-refractivity contribution in [1.82, 2.24) is 10.2 Å². The Morgan fingerprint density at radius 3 is 2.64 bits per heavy atom. The van der Waals surface area contributed by atoms with E-state index in [1.807, 2.05) is 36.9 Å². The summed E-state index contributed by atoms with van der Waals surface area (Å²) in [5, 5.41) is 3.17. The number of ether oxygens (including phenoxy) is 2. The predicted molar refractivity (Wildman–Crippen MR) is 103 cm³/mol. The molecule has 0 unspecified atom stereocenters. The minimum Gasteiger partial charge on any atom is -0.467 e. The normalized spacial score (nSPS) is 39.3. The van der Waals surface area contributed by atoms with Gasteiger partial charge in [0.25, 0.3) is 5.91 Å². The number of fused-ring (bicyclic) bond motifs is 3. The van der Waals surface area contributed by atoms with Gasteiger partial charge in [-0.25, -0.2) is 0 Å². The number of nitrogens with one attached hydrogen (secondary N) is 1. The zero-order valence-corrected chi connectivity index (χ0v) is 16.5. The van der Waals surface area contributed by atoms with Crippen LogP contribution < -0.4 is 10.1 Å². The summed E-state index contributed by atoms with van der Waals surface area (Å²) in [5.41, 5.74) is -0.0602. The first kappa shape index (κ1) is 18.0. The molecule has 1 aromatic carbocycles. The zero-order valence-electron chi connectivity index (χ0n) is 16.5. The van der Waals surface area contributed by atoms with Crippen LogP contribution in [0.15, 0.2) is 24.3 Å². The van der Waals surface area contributed by atoms with Crippen molar-refractivity contribution in [2.45, 2.75) is 57.5 Å². The molecule has 5 aliphatic rings. The number of nitrogens with zero attached hydrogens (tertiary/aromatic N) is 1. The fourth-order valence-corrected chi connectivity index (χ4v) is 5.85. The maximum absolute atomic E-state index is 13.3. The Labute approximate surface area is 165 Å². The zero-order chi connectivity index (χ0) is 19.5. The average molecular weight is 384 g/mol. The summed E-state index contributed by atoms with van der Waals surface area (Å²) in [6, 6.07) is 7.42. The van der Waals surface area contributed by atoms with Crippen molar-refractivity contribution in [2.75, 3.05) is 13.1 Å². The molecule has 2 aliphatic heterocycles. The van der Waals surface area contributed by atoms with E-state index in [-0.39, 0.29) is 41.8 Å². The van der Waals surface area contributed by atoms with Crippen LogP contribution in [-0.4, -0.2) is 47.7 Å². The number of amides is 2. The van der Waals surface area contributed by atoms with Gasteiger partial charge in [0, 0.05) is 31.3 Å². The van der Waals surface area contributed by atoms with E-state index in [9.17, 15) is 9.59 Å². The van der Waals surface area contributed by atoms with Gasteiger partial charge in [0.2, 0.25) is 5.91 Å². The topological polar surface area (TPSA) is 67.9 Å². The predicted octanol–water partition coefficient (Wildman–Crippen LogP) is 2.58. The number of rotatable bonds is 1. The standard InChI is InChI=1S/C22H28N2O4/c1-13-11-24(12-14(2)27-13)21(26)18-9-16-8-7-15(18)10-22(16)23-20(25)17-5-3-4-6-19(17)28-22/h3-6,13-16,18H,7-12H2,1-2H3,(H,23,25)/t13-,14+,15-,16+,18+,22+/m0/s1. The Morgan fingerprint density at radius 1 is 1.18 bits per heavy atom. The van der Waals surface area contributed by atoms with Crippen molar-refractivity contribution in [2.24, 2.45) is 17.8 Å². The average Bonchev–Trinajstić information content (AvgIpc) is 2.67. The van der Waals surface area contributed by atoms with Gasteiger partial charge in [-0.05, 0) is 51.2 Å². The van der Waals surface area contributed by atoms with Crippen LogP contribution in [0.4, 0.5) is 0 Å². The van der Waals surface area contributed by atoms with Crippen molar-refractivity contribution in [3.63, 3.8) is 0 Å². The van der Waals surface area contributed by atoms with E-state index in [2.05, 4.69) is 5.32 Å². The van der Waals surface area contributed by atoms with Gasteiger partial charge < -0.3 is 19.7 Å². The summed E-state index contributed by atoms with van der Waals surface area (Å²) < 4.78 is 12.2. The molecule has 6 nitrogen and oxygen atoms in total. The second-order valence-electron chi connectivity index (χ2n) is 9.02. The molecule has 1 aromatic rings. The number of benzene rings is 1. The summed E-state index contributed by atoms with van der Waals surface area (Å²) in [5.74, 6) is 1.30. The summed E-state index contributed by atoms with van der Waals surface area (Å²) in [7, 11) is 0. The first-order valence-electron chi connectivity index (χ1n) is 10.5. The van der Waals surface area contributed by atoms with Crippen LogP contribution in [0.25, 0.3) is 0 Å². The lowest BCUT2D eigenvalue weighted by molar-refractivity contribution is -0.164. The minimum atomic E-state index is -0.656. The highest BCUT2D eigenvalue weighted by Crippen LogP contribution is 2.52. The molecule has 6 atom stereocenters. The fourth-order valence-electron chi connectivity index (χ4n) is 5.85. The molecule has 0 aromatic heterocycles. The van der Waals surface area contributed by atoms with E-state index in [1.165, 1.54) is 0 Å². The Morgan fingerprint density at radius 2 is 1.93 bits per heavy atom. The Balaban J connectivity index is 1.36. The number of carbonyl (C=O) groups excluding carboxylic acids is 2. The van der Waals surface area contributed by atoms with E-state index in [1.54, 1.807) is 6.07 Å². The van der Waals surface area contributed by atoms with Gasteiger partial charge in [0.1, 0.15) is 5.75 Å². The molecule has 6 rings (SSSR count). The molecule has 150 valence electrons. The van der Waals surface area contributed by atoms with Crippen LogP contribution in [0, 0.1) is 17.8 Å². The maximum atomic E-state index is 13.3. The number of hydrogen-bond acceptors (Lipinski definition) is 4. The third kappa shape index (κ3) is 2.81. The van der Waals surface area contributed by atoms with Crippen LogP contribution in [0.5, 0.6) is 5.75 Å². The first-order chi connectivity index (χ1) is 13.4. The monoisotopic (exact) mass is 384 g/mol. The van der Waals surface area contributed by atoms with E-state index >= 15 is 0 Å². The van der Waals surface area contributed by atoms with Crippen LogP contribution >= 0.6 is 0 Å². The number of hydrogen-bond donors (Lipinski definition) is 1. The van der Waals surface area contributed by atoms with E-state index in [0.29, 0.717) is 30.8 Å². The number of para-hydroxylation sites is 1. The molecule has 1 N–H and O–H groups in total. The van der Waals surface area contributed by atoms with Crippen molar-refractivity contribution in [1.29, 1.82) is 0 Å². The lowest BCUT2D eigenvalue weighted by Crippen LogP contribution is -2.67. The molecule has 2 bridgehead atoms. The Kier molecular flexibility index (Phi) is 4.16. The summed E-state index contributed by atoms with van der Waals surface area (Å²) in [6.45, 7) is 5.40. The van der Waals surface area contributed by atoms with Crippen LogP contribution in [-0.2, 0) is 9.53 Å². The highest BCUT2D eigenvalue weighted by Gasteiger charge is 2.57. The smallest absolute Gasteiger partial charge is 0.258 e. The van der Waals surface area contributed by atoms with Crippen molar-refractivity contribution in [3.05, 3.63) is 29.8 Å². The highest BCUT2D eigenvalue weighted by atomic mass is 16.5. The summed E-state index contributed by atoms with van der Waals surface area (Å²) in [4.78, 5) is 28.0. The quantitative estimate of drug-likeness (QED) is 0.808. The van der Waals surface area contributed by atoms with E-state index in [4.69, 9.17) is 9.47 Å². The van der Waals surface area contributed by atoms with Gasteiger partial charge in [-0.15, -0.1) is 0 Å². The van der Waals surface area contributed by atoms with E-state index in [0.717, 1.165) is 19.3 Å². The minimum absolute atomic E-state index is 0.0274. The molecule has 28 heavy (non-hydrogen) atoms. The third-order valence-corrected chi connectivity index (χ3v) is 7.02. The molecule has 1 saturated heterocycles. The summed E-state index contributed by atoms with van der Waals surface area (Å²) in [6.07, 6.45) is 3.68. The largest absolute Gasteiger partial charge is 0.467 e. The van der Waals surface area contributed by atoms with Gasteiger partial charge >= 0.3 is 0 Å². The second kappa shape index (κ2) is 6.48. The van der Waals surface area contributed by atoms with Crippen molar-refractivity contribution in [3.8, 4) is 5.75 Å². The molecule has 3 aliphatic carbocycles. The Bertz CT molecular complexity index is 801. The fraction of sp³-hybridized carbons (Fsp3) is 0.636. The van der Waals surface area contributed by atoms with Gasteiger partial charge in [-0.1, -0.05) is 12.1 Å². The highest BCUT2D eigenvalue weighted by molar-refractivity contribution is 5.98. The van der Waals surface area contributed by atoms with Gasteiger partial charge in [0.15, 0.2) is 5.72 Å². The molecule has 0 radical (unpaired) electrons. The first-order valence-corrected chi connectivity index (χ1v) is 10.5. The molecule has 3 saturated carbocycles. The molecular weight excluding hydrogens is 356 g/mol. The molecule has 6 heteroatoms. The summed E-state index contributed by atoms with van der Waals surface area (Å²) >= 11 is 0. The van der Waals surface area contributed by atoms with Crippen LogP contribution in [0.2, 0.25) is 0 Å². The number of carbonyl (C=O) groups is 2. The molecule has 4 fully saturated rings. The number of morpholine rings is 1. The third-order valence-electron chi connectivity index (χ3n) is 7.02. The van der Waals surface area contributed by atoms with Gasteiger partial charge in [-0.3, -0.25) is 9.59 Å². The maximum Gasteiger partial charge on any atom is 0.258 e. The molecule has 2 amide bonds. The van der Waals surface area contributed by atoms with Crippen LogP contribution in [0.3, 0.4) is 0 Å². The van der Waals surface area contributed by atoms with Crippen LogP contribution in [0.1, 0.15) is 49.9 Å². The van der Waals surface area contributed by atoms with E-state index < -0.39 is 5.72 Å². The lowest BCUT2D eigenvalue weighted by Gasteiger charge is -2.55. The SMILES string of the molecule is C[C@@H]1CN(C(=O)[C@@H]2C[C@H]3CC[C@H]2C[C@]32NC(=O)c3ccccc3O2)C[C@H](C)O1. The second-order valence-corrected chi connectivity index (χ2v) is 9.02. The van der Waals surface area contributed by atoms with Gasteiger partial charge in [0.05, 0.1) is 17.8 Å². The van der Waals surface area contributed by atoms with Gasteiger partial charge in [-0.2, -0.15) is 0 Å². The van der Waals surface area contributed by atoms with Crippen molar-refractivity contribution >= 4 is 11.8 Å². The molecule has 1 spiro atoms. The molecule has 2 heterocycles. The molecular formula is C22H28N2O4. The van der Waals surface area contributed by atoms with Crippen molar-refractivity contribution < 1.29 is 19.1 Å².